The van der Waals surface area contributed by atoms with Gasteiger partial charge in [0.15, 0.2) is 9.84 Å². The van der Waals surface area contributed by atoms with Crippen LogP contribution in [0.2, 0.25) is 0 Å². The highest BCUT2D eigenvalue weighted by Crippen LogP contribution is 2.25. The molecule has 0 aliphatic carbocycles. The first-order valence-electron chi connectivity index (χ1n) is 7.12. The minimum Gasteiger partial charge on any atom is -0.398 e. The molecular formula is C14H24N2O7S. The second kappa shape index (κ2) is 8.10. The standard InChI is InChI=1S/C14H24N2O7S/c1-16(6-10(18)13(20)14(21)11(19)7-17)8-3-4-9(15)12(5-8)24(2,22)23/h3-5,10-11,13-14,17-21H,6-7,15H2,1-2H3. The fourth-order valence-corrected chi connectivity index (χ4v) is 2.97. The number of rotatable bonds is 8. The van der Waals surface area contributed by atoms with E-state index in [1.54, 1.807) is 13.1 Å². The van der Waals surface area contributed by atoms with Gasteiger partial charge in [0.1, 0.15) is 18.3 Å². The third-order valence-corrected chi connectivity index (χ3v) is 4.78. The highest BCUT2D eigenvalue weighted by molar-refractivity contribution is 7.90. The van der Waals surface area contributed by atoms with Crippen molar-refractivity contribution in [3.63, 3.8) is 0 Å². The lowest BCUT2D eigenvalue weighted by molar-refractivity contribution is -0.112. The largest absolute Gasteiger partial charge is 0.398 e. The number of nitrogen functional groups attached to an aromatic ring is 1. The monoisotopic (exact) mass is 364 g/mol. The number of likely N-dealkylation sites (N-methyl/N-ethyl adjacent to an activating group) is 1. The van der Waals surface area contributed by atoms with E-state index >= 15 is 0 Å². The van der Waals surface area contributed by atoms with E-state index in [0.717, 1.165) is 6.26 Å². The quantitative estimate of drug-likeness (QED) is 0.274. The molecule has 7 N–H and O–H groups in total. The predicted molar refractivity (Wildman–Crippen MR) is 88.3 cm³/mol. The topological polar surface area (TPSA) is 165 Å². The van der Waals surface area contributed by atoms with Gasteiger partial charge >= 0.3 is 0 Å². The first-order chi connectivity index (χ1) is 11.0. The third-order valence-electron chi connectivity index (χ3n) is 3.62. The second-order valence-corrected chi connectivity index (χ2v) is 7.66. The summed E-state index contributed by atoms with van der Waals surface area (Å²) >= 11 is 0. The molecule has 4 unspecified atom stereocenters. The minimum absolute atomic E-state index is 0.0578. The van der Waals surface area contributed by atoms with E-state index in [2.05, 4.69) is 0 Å². The van der Waals surface area contributed by atoms with Crippen LogP contribution in [0.15, 0.2) is 23.1 Å². The normalized spacial score (nSPS) is 17.1. The number of nitrogens with zero attached hydrogens (tertiary/aromatic N) is 1. The molecule has 0 fully saturated rings. The number of hydrogen-bond donors (Lipinski definition) is 6. The lowest BCUT2D eigenvalue weighted by atomic mass is 10.0. The lowest BCUT2D eigenvalue weighted by Crippen LogP contribution is -2.49. The zero-order valence-electron chi connectivity index (χ0n) is 13.4. The summed E-state index contributed by atoms with van der Waals surface area (Å²) in [6, 6.07) is 4.29. The summed E-state index contributed by atoms with van der Waals surface area (Å²) in [7, 11) is -1.98. The average Bonchev–Trinajstić information content (AvgIpc) is 2.51. The van der Waals surface area contributed by atoms with Crippen molar-refractivity contribution in [3.05, 3.63) is 18.2 Å². The van der Waals surface area contributed by atoms with Crippen LogP contribution in [0.5, 0.6) is 0 Å². The molecule has 9 nitrogen and oxygen atoms in total. The summed E-state index contributed by atoms with van der Waals surface area (Å²) in [5, 5.41) is 47.4. The van der Waals surface area contributed by atoms with Gasteiger partial charge in [-0.15, -0.1) is 0 Å². The van der Waals surface area contributed by atoms with Crippen LogP contribution >= 0.6 is 0 Å². The lowest BCUT2D eigenvalue weighted by Gasteiger charge is -2.29. The summed E-state index contributed by atoms with van der Waals surface area (Å²) in [4.78, 5) is 1.40. The number of aliphatic hydroxyl groups excluding tert-OH is 5. The molecular weight excluding hydrogens is 340 g/mol. The summed E-state index contributed by atoms with van der Waals surface area (Å²) < 4.78 is 23.4. The fraction of sp³-hybridized carbons (Fsp3) is 0.571. The predicted octanol–water partition coefficient (Wildman–Crippen LogP) is -2.46. The Hall–Kier alpha value is -1.43. The summed E-state index contributed by atoms with van der Waals surface area (Å²) in [6.07, 6.45) is -5.44. The molecule has 0 heterocycles. The van der Waals surface area contributed by atoms with E-state index in [4.69, 9.17) is 10.8 Å². The Labute approximate surface area is 140 Å². The highest BCUT2D eigenvalue weighted by atomic mass is 32.2. The maximum atomic E-state index is 11.7. The number of sulfone groups is 1. The van der Waals surface area contributed by atoms with Gasteiger partial charge in [-0.1, -0.05) is 0 Å². The number of hydrogen-bond acceptors (Lipinski definition) is 9. The molecule has 0 aromatic heterocycles. The number of aliphatic hydroxyl groups is 5. The number of benzene rings is 1. The van der Waals surface area contributed by atoms with Crippen LogP contribution in [-0.4, -0.2) is 84.8 Å². The second-order valence-electron chi connectivity index (χ2n) is 5.67. The van der Waals surface area contributed by atoms with E-state index in [1.807, 2.05) is 0 Å². The van der Waals surface area contributed by atoms with Gasteiger partial charge in [0.05, 0.1) is 23.3 Å². The van der Waals surface area contributed by atoms with Crippen molar-refractivity contribution in [3.8, 4) is 0 Å². The van der Waals surface area contributed by atoms with E-state index in [0.29, 0.717) is 5.69 Å². The molecule has 4 atom stereocenters. The average molecular weight is 364 g/mol. The zero-order chi connectivity index (χ0) is 18.7. The first-order valence-corrected chi connectivity index (χ1v) is 9.02. The van der Waals surface area contributed by atoms with Crippen LogP contribution in [0.25, 0.3) is 0 Å². The van der Waals surface area contributed by atoms with Gasteiger partial charge in [0, 0.05) is 25.5 Å². The van der Waals surface area contributed by atoms with Crippen molar-refractivity contribution in [2.75, 3.05) is 37.1 Å². The molecule has 0 saturated heterocycles. The van der Waals surface area contributed by atoms with Gasteiger partial charge in [-0.05, 0) is 18.2 Å². The van der Waals surface area contributed by atoms with Crippen molar-refractivity contribution in [2.45, 2.75) is 29.3 Å². The van der Waals surface area contributed by atoms with Crippen LogP contribution in [0, 0.1) is 0 Å². The highest BCUT2D eigenvalue weighted by Gasteiger charge is 2.30. The van der Waals surface area contributed by atoms with Crippen molar-refractivity contribution in [2.24, 2.45) is 0 Å². The van der Waals surface area contributed by atoms with Crippen LogP contribution in [0.4, 0.5) is 11.4 Å². The van der Waals surface area contributed by atoms with Gasteiger partial charge in [0.25, 0.3) is 0 Å². The minimum atomic E-state index is -3.53. The molecule has 0 saturated carbocycles. The Morgan fingerprint density at radius 1 is 1.12 bits per heavy atom. The van der Waals surface area contributed by atoms with Crippen molar-refractivity contribution < 1.29 is 34.0 Å². The van der Waals surface area contributed by atoms with Crippen molar-refractivity contribution in [1.29, 1.82) is 0 Å². The van der Waals surface area contributed by atoms with Crippen LogP contribution < -0.4 is 10.6 Å². The summed E-state index contributed by atoms with van der Waals surface area (Å²) in [5.41, 5.74) is 6.16. The molecule has 0 bridgehead atoms. The Kier molecular flexibility index (Phi) is 6.96. The maximum absolute atomic E-state index is 11.7. The summed E-state index contributed by atoms with van der Waals surface area (Å²) in [6.45, 7) is -0.931. The Balaban J connectivity index is 2.90. The molecule has 10 heteroatoms. The summed E-state index contributed by atoms with van der Waals surface area (Å²) in [5.74, 6) is 0. The Morgan fingerprint density at radius 3 is 2.17 bits per heavy atom. The Morgan fingerprint density at radius 2 is 1.67 bits per heavy atom. The van der Waals surface area contributed by atoms with Crippen molar-refractivity contribution >= 4 is 21.2 Å². The molecule has 0 radical (unpaired) electrons. The molecule has 0 spiro atoms. The van der Waals surface area contributed by atoms with Crippen LogP contribution in [0.3, 0.4) is 0 Å². The van der Waals surface area contributed by atoms with Crippen molar-refractivity contribution in [1.82, 2.24) is 0 Å². The van der Waals surface area contributed by atoms with Gasteiger partial charge in [0.2, 0.25) is 0 Å². The molecule has 24 heavy (non-hydrogen) atoms. The molecule has 1 rings (SSSR count). The molecule has 1 aromatic rings. The van der Waals surface area contributed by atoms with Crippen LogP contribution in [-0.2, 0) is 9.84 Å². The van der Waals surface area contributed by atoms with E-state index < -0.39 is 40.9 Å². The molecule has 0 amide bonds. The maximum Gasteiger partial charge on any atom is 0.177 e. The Bertz CT molecular complexity index is 653. The van der Waals surface area contributed by atoms with Gasteiger partial charge in [-0.2, -0.15) is 0 Å². The SMILES string of the molecule is CN(CC(O)C(O)C(O)C(O)CO)c1ccc(N)c(S(C)(=O)=O)c1. The fourth-order valence-electron chi connectivity index (χ4n) is 2.14. The van der Waals surface area contributed by atoms with E-state index in [9.17, 15) is 28.8 Å². The zero-order valence-corrected chi connectivity index (χ0v) is 14.3. The first kappa shape index (κ1) is 20.6. The molecule has 0 aliphatic rings. The molecule has 1 aromatic carbocycles. The number of anilines is 2. The number of nitrogens with two attached hydrogens (primary N) is 1. The van der Waals surface area contributed by atoms with E-state index in [1.165, 1.54) is 17.0 Å². The molecule has 0 aliphatic heterocycles. The van der Waals surface area contributed by atoms with Gasteiger partial charge < -0.3 is 36.2 Å². The third kappa shape index (κ3) is 5.03. The smallest absolute Gasteiger partial charge is 0.177 e. The van der Waals surface area contributed by atoms with E-state index in [-0.39, 0.29) is 17.1 Å². The van der Waals surface area contributed by atoms with Gasteiger partial charge in [-0.25, -0.2) is 8.42 Å². The molecule has 138 valence electrons. The van der Waals surface area contributed by atoms with Crippen LogP contribution in [0.1, 0.15) is 0 Å². The van der Waals surface area contributed by atoms with Gasteiger partial charge in [-0.3, -0.25) is 0 Å².